The van der Waals surface area contributed by atoms with E-state index in [1.807, 2.05) is 37.3 Å². The number of pyridine rings is 2. The van der Waals surface area contributed by atoms with E-state index in [9.17, 15) is 9.59 Å². The lowest BCUT2D eigenvalue weighted by atomic mass is 10.1. The Morgan fingerprint density at radius 3 is 2.52 bits per heavy atom. The molecule has 0 saturated carbocycles. The van der Waals surface area contributed by atoms with Gasteiger partial charge in [-0.1, -0.05) is 30.3 Å². The van der Waals surface area contributed by atoms with E-state index in [4.69, 9.17) is 0 Å². The Balaban J connectivity index is 1.61. The third kappa shape index (κ3) is 4.98. The van der Waals surface area contributed by atoms with E-state index in [0.29, 0.717) is 18.7 Å². The molecule has 2 heterocycles. The van der Waals surface area contributed by atoms with Crippen LogP contribution in [0.25, 0.3) is 0 Å². The van der Waals surface area contributed by atoms with E-state index in [1.165, 1.54) is 12.3 Å². The molecule has 0 saturated heterocycles. The second-order valence-corrected chi connectivity index (χ2v) is 6.08. The van der Waals surface area contributed by atoms with E-state index in [1.54, 1.807) is 24.5 Å². The molecule has 0 spiro atoms. The molecule has 3 rings (SSSR count). The number of aryl methyl sites for hydroxylation is 1. The number of hydrogen-bond acceptors (Lipinski definition) is 4. The van der Waals surface area contributed by atoms with Crippen molar-refractivity contribution < 1.29 is 9.59 Å². The lowest BCUT2D eigenvalue weighted by Crippen LogP contribution is -2.26. The van der Waals surface area contributed by atoms with Gasteiger partial charge in [-0.3, -0.25) is 19.6 Å². The average Bonchev–Trinajstić information content (AvgIpc) is 2.72. The highest BCUT2D eigenvalue weighted by Crippen LogP contribution is 2.08. The number of benzene rings is 1. The van der Waals surface area contributed by atoms with Crippen molar-refractivity contribution in [2.75, 3.05) is 0 Å². The first kappa shape index (κ1) is 18.3. The number of carbonyl (C=O) groups excluding carboxylic acids is 2. The van der Waals surface area contributed by atoms with E-state index in [-0.39, 0.29) is 17.5 Å². The van der Waals surface area contributed by atoms with Gasteiger partial charge in [-0.15, -0.1) is 0 Å². The standard InChI is InChI=1S/C21H20N4O2/c1-15-5-2-3-7-18(15)14-25-20(26)17-8-10-23-19(11-17)21(27)24-13-16-6-4-9-22-12-16/h2-12H,13-14H2,1H3,(H,24,27)(H,25,26). The summed E-state index contributed by atoms with van der Waals surface area (Å²) in [6.07, 6.45) is 4.82. The molecule has 0 aliphatic carbocycles. The zero-order chi connectivity index (χ0) is 19.1. The highest BCUT2D eigenvalue weighted by molar-refractivity contribution is 5.98. The maximum atomic E-state index is 12.4. The molecular formula is C21H20N4O2. The number of nitrogens with zero attached hydrogens (tertiary/aromatic N) is 2. The van der Waals surface area contributed by atoms with Crippen LogP contribution in [-0.2, 0) is 13.1 Å². The first-order valence-corrected chi connectivity index (χ1v) is 8.59. The number of nitrogens with one attached hydrogen (secondary N) is 2. The van der Waals surface area contributed by atoms with Crippen molar-refractivity contribution in [1.82, 2.24) is 20.6 Å². The summed E-state index contributed by atoms with van der Waals surface area (Å²) in [5.41, 5.74) is 3.64. The lowest BCUT2D eigenvalue weighted by molar-refractivity contribution is 0.0946. The van der Waals surface area contributed by atoms with Gasteiger partial charge in [0.1, 0.15) is 5.69 Å². The van der Waals surface area contributed by atoms with Crippen molar-refractivity contribution >= 4 is 11.8 Å². The van der Waals surface area contributed by atoms with Crippen molar-refractivity contribution in [2.24, 2.45) is 0 Å². The van der Waals surface area contributed by atoms with Crippen LogP contribution in [0.15, 0.2) is 67.1 Å². The predicted octanol–water partition coefficient (Wildman–Crippen LogP) is 2.65. The average molecular weight is 360 g/mol. The Morgan fingerprint density at radius 1 is 0.926 bits per heavy atom. The Labute approximate surface area is 157 Å². The molecule has 2 N–H and O–H groups in total. The van der Waals surface area contributed by atoms with Gasteiger partial charge in [0.25, 0.3) is 11.8 Å². The summed E-state index contributed by atoms with van der Waals surface area (Å²) in [6, 6.07) is 14.6. The van der Waals surface area contributed by atoms with Gasteiger partial charge in [0.15, 0.2) is 0 Å². The van der Waals surface area contributed by atoms with Gasteiger partial charge in [-0.25, -0.2) is 0 Å². The maximum Gasteiger partial charge on any atom is 0.270 e. The molecular weight excluding hydrogens is 340 g/mol. The fraction of sp³-hybridized carbons (Fsp3) is 0.143. The van der Waals surface area contributed by atoms with Crippen molar-refractivity contribution in [1.29, 1.82) is 0 Å². The fourth-order valence-electron chi connectivity index (χ4n) is 2.56. The predicted molar refractivity (Wildman–Crippen MR) is 102 cm³/mol. The van der Waals surface area contributed by atoms with Gasteiger partial charge in [0.05, 0.1) is 0 Å². The number of aromatic nitrogens is 2. The molecule has 0 unspecified atom stereocenters. The van der Waals surface area contributed by atoms with Crippen LogP contribution < -0.4 is 10.6 Å². The zero-order valence-electron chi connectivity index (χ0n) is 15.0. The summed E-state index contributed by atoms with van der Waals surface area (Å²) < 4.78 is 0. The van der Waals surface area contributed by atoms with Crippen LogP contribution in [0.1, 0.15) is 37.5 Å². The van der Waals surface area contributed by atoms with Gasteiger partial charge >= 0.3 is 0 Å². The molecule has 0 aliphatic heterocycles. The first-order valence-electron chi connectivity index (χ1n) is 8.59. The highest BCUT2D eigenvalue weighted by Gasteiger charge is 2.12. The summed E-state index contributed by atoms with van der Waals surface area (Å²) in [6.45, 7) is 2.77. The third-order valence-corrected chi connectivity index (χ3v) is 4.13. The summed E-state index contributed by atoms with van der Waals surface area (Å²) >= 11 is 0. The minimum absolute atomic E-state index is 0.197. The van der Waals surface area contributed by atoms with Crippen LogP contribution in [0.2, 0.25) is 0 Å². The van der Waals surface area contributed by atoms with Crippen LogP contribution in [0.4, 0.5) is 0 Å². The van der Waals surface area contributed by atoms with E-state index >= 15 is 0 Å². The summed E-state index contributed by atoms with van der Waals surface area (Å²) in [7, 11) is 0. The first-order chi connectivity index (χ1) is 13.1. The Bertz CT molecular complexity index is 942. The minimum atomic E-state index is -0.340. The van der Waals surface area contributed by atoms with E-state index in [0.717, 1.165) is 16.7 Å². The van der Waals surface area contributed by atoms with Crippen LogP contribution in [0, 0.1) is 6.92 Å². The molecule has 6 heteroatoms. The molecule has 27 heavy (non-hydrogen) atoms. The molecule has 3 aromatic rings. The van der Waals surface area contributed by atoms with Crippen molar-refractivity contribution in [2.45, 2.75) is 20.0 Å². The normalized spacial score (nSPS) is 10.3. The summed E-state index contributed by atoms with van der Waals surface area (Å²) in [4.78, 5) is 32.8. The van der Waals surface area contributed by atoms with Gasteiger partial charge in [0, 0.05) is 37.2 Å². The Hall–Kier alpha value is -3.54. The Kier molecular flexibility index (Phi) is 5.89. The topological polar surface area (TPSA) is 84.0 Å². The van der Waals surface area contributed by atoms with E-state index < -0.39 is 0 Å². The van der Waals surface area contributed by atoms with Gasteiger partial charge < -0.3 is 10.6 Å². The fourth-order valence-corrected chi connectivity index (χ4v) is 2.56. The van der Waals surface area contributed by atoms with Crippen LogP contribution in [0.5, 0.6) is 0 Å². The van der Waals surface area contributed by atoms with Crippen LogP contribution in [-0.4, -0.2) is 21.8 Å². The molecule has 0 atom stereocenters. The number of carbonyl (C=O) groups is 2. The maximum absolute atomic E-state index is 12.4. The molecule has 0 radical (unpaired) electrons. The smallest absolute Gasteiger partial charge is 0.270 e. The quantitative estimate of drug-likeness (QED) is 0.708. The van der Waals surface area contributed by atoms with Crippen molar-refractivity contribution in [3.8, 4) is 0 Å². The summed E-state index contributed by atoms with van der Waals surface area (Å²) in [5.74, 6) is -0.589. The molecule has 0 bridgehead atoms. The number of amides is 2. The molecule has 1 aromatic carbocycles. The molecule has 2 aromatic heterocycles. The minimum Gasteiger partial charge on any atom is -0.348 e. The number of hydrogen-bond donors (Lipinski definition) is 2. The Morgan fingerprint density at radius 2 is 1.74 bits per heavy atom. The third-order valence-electron chi connectivity index (χ3n) is 4.13. The lowest BCUT2D eigenvalue weighted by Gasteiger charge is -2.09. The van der Waals surface area contributed by atoms with Crippen molar-refractivity contribution in [3.63, 3.8) is 0 Å². The molecule has 2 amide bonds. The van der Waals surface area contributed by atoms with Gasteiger partial charge in [-0.2, -0.15) is 0 Å². The second kappa shape index (κ2) is 8.71. The molecule has 0 fully saturated rings. The largest absolute Gasteiger partial charge is 0.348 e. The van der Waals surface area contributed by atoms with Crippen molar-refractivity contribution in [3.05, 3.63) is 95.1 Å². The van der Waals surface area contributed by atoms with Crippen LogP contribution in [0.3, 0.4) is 0 Å². The molecule has 0 aliphatic rings. The van der Waals surface area contributed by atoms with Crippen LogP contribution >= 0.6 is 0 Å². The van der Waals surface area contributed by atoms with Gasteiger partial charge in [-0.05, 0) is 41.8 Å². The van der Waals surface area contributed by atoms with E-state index in [2.05, 4.69) is 20.6 Å². The van der Waals surface area contributed by atoms with Gasteiger partial charge in [0.2, 0.25) is 0 Å². The SMILES string of the molecule is Cc1ccccc1CNC(=O)c1ccnc(C(=O)NCc2cccnc2)c1. The summed E-state index contributed by atoms with van der Waals surface area (Å²) in [5, 5.41) is 5.65. The molecule has 136 valence electrons. The highest BCUT2D eigenvalue weighted by atomic mass is 16.2. The number of rotatable bonds is 6. The monoisotopic (exact) mass is 360 g/mol. The molecule has 6 nitrogen and oxygen atoms in total. The zero-order valence-corrected chi connectivity index (χ0v) is 15.0. The second-order valence-electron chi connectivity index (χ2n) is 6.08.